The molecule has 1 aromatic heterocycles. The van der Waals surface area contributed by atoms with Crippen molar-refractivity contribution in [2.45, 2.75) is 42.9 Å². The minimum absolute atomic E-state index is 0.106. The van der Waals surface area contributed by atoms with Gasteiger partial charge in [-0.05, 0) is 48.6 Å². The molecule has 0 aliphatic heterocycles. The largest absolute Gasteiger partial charge is 0.360 e. The summed E-state index contributed by atoms with van der Waals surface area (Å²) in [4.78, 5) is 15.4. The summed E-state index contributed by atoms with van der Waals surface area (Å²) in [6, 6.07) is 15.3. The molecule has 2 amide bonds. The van der Waals surface area contributed by atoms with Crippen molar-refractivity contribution >= 4 is 38.7 Å². The molecule has 1 heterocycles. The Hall–Kier alpha value is -3.68. The average molecular weight is 508 g/mol. The van der Waals surface area contributed by atoms with E-state index >= 15 is 0 Å². The van der Waals surface area contributed by atoms with E-state index in [1.165, 1.54) is 79.5 Å². The highest BCUT2D eigenvalue weighted by Crippen LogP contribution is 2.34. The second kappa shape index (κ2) is 10.7. The van der Waals surface area contributed by atoms with E-state index < -0.39 is 16.1 Å². The van der Waals surface area contributed by atoms with Gasteiger partial charge in [-0.3, -0.25) is 0 Å². The van der Waals surface area contributed by atoms with Gasteiger partial charge in [-0.1, -0.05) is 43.5 Å². The molecular formula is C25H25N5O3S2. The molecule has 0 unspecified atom stereocenters. The van der Waals surface area contributed by atoms with E-state index in [-0.39, 0.29) is 4.90 Å². The predicted octanol–water partition coefficient (Wildman–Crippen LogP) is 5.19. The lowest BCUT2D eigenvalue weighted by Gasteiger charge is -2.22. The fraction of sp³-hybridized carbons (Fsp3) is 0.240. The van der Waals surface area contributed by atoms with Crippen molar-refractivity contribution in [3.05, 3.63) is 70.7 Å². The highest BCUT2D eigenvalue weighted by Gasteiger charge is 2.17. The van der Waals surface area contributed by atoms with Gasteiger partial charge in [-0.15, -0.1) is 11.3 Å². The minimum Gasteiger partial charge on any atom is -0.360 e. The molecule has 8 nitrogen and oxygen atoms in total. The van der Waals surface area contributed by atoms with E-state index in [0.29, 0.717) is 22.2 Å². The Morgan fingerprint density at radius 1 is 1.09 bits per heavy atom. The Balaban J connectivity index is 1.44. The van der Waals surface area contributed by atoms with Gasteiger partial charge in [-0.2, -0.15) is 5.26 Å². The van der Waals surface area contributed by atoms with E-state index in [9.17, 15) is 18.5 Å². The molecule has 1 aliphatic carbocycles. The SMILES string of the molecule is N#C/C(=C\Nc1ccc(S(=O)(=O)NC(N)=O)cc1)c1nc(-c2ccc(C3CCCCC3)cc2)cs1. The number of nitrogens with two attached hydrogens (primary N) is 1. The zero-order chi connectivity index (χ0) is 24.8. The molecular weight excluding hydrogens is 482 g/mol. The number of rotatable bonds is 7. The smallest absolute Gasteiger partial charge is 0.326 e. The van der Waals surface area contributed by atoms with Crippen LogP contribution >= 0.6 is 11.3 Å². The summed E-state index contributed by atoms with van der Waals surface area (Å²) in [6.45, 7) is 0. The number of nitrogens with one attached hydrogen (secondary N) is 2. The Morgan fingerprint density at radius 2 is 1.77 bits per heavy atom. The lowest BCUT2D eigenvalue weighted by molar-refractivity contribution is 0.253. The van der Waals surface area contributed by atoms with Crippen molar-refractivity contribution in [3.63, 3.8) is 0 Å². The number of sulfonamides is 1. The van der Waals surface area contributed by atoms with Gasteiger partial charge in [0.2, 0.25) is 0 Å². The fourth-order valence-electron chi connectivity index (χ4n) is 4.11. The van der Waals surface area contributed by atoms with Gasteiger partial charge >= 0.3 is 6.03 Å². The fourth-order valence-corrected chi connectivity index (χ4v) is 5.78. The number of amides is 2. The lowest BCUT2D eigenvalue weighted by atomic mass is 9.84. The molecule has 0 radical (unpaired) electrons. The van der Waals surface area contributed by atoms with Crippen LogP contribution in [0.2, 0.25) is 0 Å². The maximum Gasteiger partial charge on any atom is 0.326 e. The molecule has 1 fully saturated rings. The molecule has 0 saturated heterocycles. The van der Waals surface area contributed by atoms with Gasteiger partial charge in [0.05, 0.1) is 10.6 Å². The van der Waals surface area contributed by atoms with Crippen LogP contribution in [0.25, 0.3) is 16.8 Å². The number of nitriles is 1. The molecule has 4 N–H and O–H groups in total. The number of carbonyl (C=O) groups excluding carboxylic acids is 1. The monoisotopic (exact) mass is 507 g/mol. The van der Waals surface area contributed by atoms with Crippen LogP contribution < -0.4 is 15.8 Å². The first-order chi connectivity index (χ1) is 16.9. The highest BCUT2D eigenvalue weighted by molar-refractivity contribution is 7.90. The van der Waals surface area contributed by atoms with Crippen molar-refractivity contribution in [1.29, 1.82) is 5.26 Å². The zero-order valence-electron chi connectivity index (χ0n) is 18.9. The number of allylic oxidation sites excluding steroid dienone is 1. The van der Waals surface area contributed by atoms with Crippen LogP contribution in [0.3, 0.4) is 0 Å². The summed E-state index contributed by atoms with van der Waals surface area (Å²) in [6.07, 6.45) is 7.98. The summed E-state index contributed by atoms with van der Waals surface area (Å²) in [5, 5.41) is 15.1. The van der Waals surface area contributed by atoms with E-state index in [2.05, 4.69) is 40.6 Å². The Labute approximate surface area is 208 Å². The second-order valence-corrected chi connectivity index (χ2v) is 10.8. The number of carbonyl (C=O) groups is 1. The molecule has 1 saturated carbocycles. The first kappa shape index (κ1) is 24.4. The molecule has 3 aromatic rings. The first-order valence-corrected chi connectivity index (χ1v) is 13.6. The first-order valence-electron chi connectivity index (χ1n) is 11.2. The van der Waals surface area contributed by atoms with E-state index in [1.807, 2.05) is 5.38 Å². The molecule has 4 rings (SSSR count). The van der Waals surface area contributed by atoms with Crippen molar-refractivity contribution in [3.8, 4) is 17.3 Å². The number of hydrogen-bond donors (Lipinski definition) is 3. The van der Waals surface area contributed by atoms with Crippen molar-refractivity contribution in [2.75, 3.05) is 5.32 Å². The number of anilines is 1. The molecule has 0 bridgehead atoms. The van der Waals surface area contributed by atoms with Crippen LogP contribution in [0.5, 0.6) is 0 Å². The van der Waals surface area contributed by atoms with Gasteiger partial charge in [0, 0.05) is 22.8 Å². The summed E-state index contributed by atoms with van der Waals surface area (Å²) < 4.78 is 25.7. The summed E-state index contributed by atoms with van der Waals surface area (Å²) in [5.74, 6) is 0.650. The number of thiazole rings is 1. The molecule has 35 heavy (non-hydrogen) atoms. The average Bonchev–Trinajstić information content (AvgIpc) is 3.35. The van der Waals surface area contributed by atoms with Gasteiger partial charge < -0.3 is 11.1 Å². The van der Waals surface area contributed by atoms with Gasteiger partial charge in [0.1, 0.15) is 16.6 Å². The molecule has 0 spiro atoms. The van der Waals surface area contributed by atoms with Crippen molar-refractivity contribution < 1.29 is 13.2 Å². The molecule has 1 aliphatic rings. The minimum atomic E-state index is -4.02. The van der Waals surface area contributed by atoms with Crippen LogP contribution in [0.15, 0.2) is 65.0 Å². The maximum atomic E-state index is 12.0. The van der Waals surface area contributed by atoms with Crippen LogP contribution in [0, 0.1) is 11.3 Å². The predicted molar refractivity (Wildman–Crippen MR) is 137 cm³/mol. The van der Waals surface area contributed by atoms with Gasteiger partial charge in [0.25, 0.3) is 10.0 Å². The van der Waals surface area contributed by atoms with Gasteiger partial charge in [-0.25, -0.2) is 22.9 Å². The number of urea groups is 1. The molecule has 10 heteroatoms. The third-order valence-corrected chi connectivity index (χ3v) is 8.16. The molecule has 180 valence electrons. The Bertz CT molecular complexity index is 1370. The van der Waals surface area contributed by atoms with Crippen LogP contribution in [-0.2, 0) is 10.0 Å². The molecule has 0 atom stereocenters. The summed E-state index contributed by atoms with van der Waals surface area (Å²) in [5.41, 5.74) is 9.02. The van der Waals surface area contributed by atoms with E-state index in [1.54, 1.807) is 4.72 Å². The zero-order valence-corrected chi connectivity index (χ0v) is 20.5. The Kier molecular flexibility index (Phi) is 7.48. The van der Waals surface area contributed by atoms with Gasteiger partial charge in [0.15, 0.2) is 0 Å². The normalized spacial score (nSPS) is 14.8. The van der Waals surface area contributed by atoms with Crippen LogP contribution in [0.1, 0.15) is 48.6 Å². The third kappa shape index (κ3) is 6.07. The summed E-state index contributed by atoms with van der Waals surface area (Å²) >= 11 is 1.38. The van der Waals surface area contributed by atoms with Crippen molar-refractivity contribution in [2.24, 2.45) is 5.73 Å². The van der Waals surface area contributed by atoms with E-state index in [4.69, 9.17) is 5.73 Å². The quantitative estimate of drug-likeness (QED) is 0.376. The topological polar surface area (TPSA) is 138 Å². The number of benzene rings is 2. The number of nitrogens with zero attached hydrogens (tertiary/aromatic N) is 2. The van der Waals surface area contributed by atoms with Crippen LogP contribution in [-0.4, -0.2) is 19.4 Å². The Morgan fingerprint density at radius 3 is 2.40 bits per heavy atom. The summed E-state index contributed by atoms with van der Waals surface area (Å²) in [7, 11) is -4.02. The standard InChI is InChI=1S/C25H25N5O3S2/c26-14-20(15-28-21-10-12-22(13-11-21)35(32,33)30-25(27)31)24-29-23(16-34-24)19-8-6-18(7-9-19)17-4-2-1-3-5-17/h6-13,15-17,28H,1-5H2,(H3,27,30,31)/b20-15+. The third-order valence-electron chi connectivity index (χ3n) is 5.92. The highest BCUT2D eigenvalue weighted by atomic mass is 32.2. The number of primary amides is 1. The number of aromatic nitrogens is 1. The maximum absolute atomic E-state index is 12.0. The number of hydrogen-bond acceptors (Lipinski definition) is 7. The van der Waals surface area contributed by atoms with E-state index in [0.717, 1.165) is 11.3 Å². The van der Waals surface area contributed by atoms with Crippen molar-refractivity contribution in [1.82, 2.24) is 9.71 Å². The van der Waals surface area contributed by atoms with Crippen LogP contribution in [0.4, 0.5) is 10.5 Å². The lowest BCUT2D eigenvalue weighted by Crippen LogP contribution is -2.34. The second-order valence-electron chi connectivity index (χ2n) is 8.30. The molecule has 2 aromatic carbocycles.